The van der Waals surface area contributed by atoms with Gasteiger partial charge in [0.2, 0.25) is 5.91 Å². The molecule has 0 aromatic carbocycles. The smallest absolute Gasteiger partial charge is 0.333 e. The molecular formula is C21H37NO5. The maximum absolute atomic E-state index is 12.7. The summed E-state index contributed by atoms with van der Waals surface area (Å²) >= 11 is 0. The highest BCUT2D eigenvalue weighted by atomic mass is 16.6. The fourth-order valence-corrected chi connectivity index (χ4v) is 2.59. The van der Waals surface area contributed by atoms with E-state index in [0.29, 0.717) is 12.0 Å². The largest absolute Gasteiger partial charge is 0.462 e. The minimum absolute atomic E-state index is 0.0122. The van der Waals surface area contributed by atoms with Crippen molar-refractivity contribution in [1.29, 1.82) is 0 Å². The van der Waals surface area contributed by atoms with Crippen LogP contribution in [0.2, 0.25) is 0 Å². The second kappa shape index (κ2) is 9.90. The lowest BCUT2D eigenvalue weighted by Gasteiger charge is -2.42. The summed E-state index contributed by atoms with van der Waals surface area (Å²) in [6.07, 6.45) is 0.564. The maximum Gasteiger partial charge on any atom is 0.333 e. The molecule has 1 atom stereocenters. The van der Waals surface area contributed by atoms with Crippen LogP contribution in [0.1, 0.15) is 54.9 Å². The molecule has 0 saturated carbocycles. The van der Waals surface area contributed by atoms with E-state index in [4.69, 9.17) is 9.47 Å². The Kier molecular flexibility index (Phi) is 9.23. The minimum Gasteiger partial charge on any atom is -0.462 e. The number of carbonyl (C=O) groups is 3. The van der Waals surface area contributed by atoms with E-state index < -0.39 is 16.8 Å². The van der Waals surface area contributed by atoms with Gasteiger partial charge in [0.15, 0.2) is 0 Å². The molecule has 6 nitrogen and oxygen atoms in total. The molecule has 0 spiro atoms. The second-order valence-corrected chi connectivity index (χ2v) is 8.85. The second-order valence-electron chi connectivity index (χ2n) is 8.85. The molecule has 0 N–H and O–H groups in total. The quantitative estimate of drug-likeness (QED) is 0.328. The van der Waals surface area contributed by atoms with Gasteiger partial charge in [-0.25, -0.2) is 4.79 Å². The molecule has 0 aromatic heterocycles. The molecule has 6 heteroatoms. The first-order chi connectivity index (χ1) is 12.1. The van der Waals surface area contributed by atoms with Gasteiger partial charge in [-0.15, -0.1) is 0 Å². The lowest BCUT2D eigenvalue weighted by molar-refractivity contribution is -0.166. The molecule has 27 heavy (non-hydrogen) atoms. The van der Waals surface area contributed by atoms with Crippen molar-refractivity contribution in [1.82, 2.24) is 4.90 Å². The van der Waals surface area contributed by atoms with Crippen LogP contribution in [0.4, 0.5) is 0 Å². The molecular weight excluding hydrogens is 346 g/mol. The van der Waals surface area contributed by atoms with Crippen molar-refractivity contribution < 1.29 is 23.9 Å². The fraction of sp³-hybridized carbons (Fsp3) is 0.762. The predicted octanol–water partition coefficient (Wildman–Crippen LogP) is 3.45. The molecule has 0 bridgehead atoms. The van der Waals surface area contributed by atoms with E-state index in [1.165, 1.54) is 0 Å². The van der Waals surface area contributed by atoms with E-state index in [2.05, 4.69) is 6.58 Å². The average molecular weight is 384 g/mol. The topological polar surface area (TPSA) is 72.9 Å². The Morgan fingerprint density at radius 2 is 1.48 bits per heavy atom. The number of nitrogens with zero attached hydrogens (tertiary/aromatic N) is 1. The minimum atomic E-state index is -0.814. The fourth-order valence-electron chi connectivity index (χ4n) is 2.59. The van der Waals surface area contributed by atoms with Crippen LogP contribution in [-0.4, -0.2) is 50.1 Å². The molecule has 0 aliphatic rings. The molecule has 1 amide bonds. The lowest BCUT2D eigenvalue weighted by atomic mass is 9.62. The molecule has 0 radical (unpaired) electrons. The number of ether oxygens (including phenoxy) is 2. The third-order valence-electron chi connectivity index (χ3n) is 5.39. The predicted molar refractivity (Wildman–Crippen MR) is 106 cm³/mol. The van der Waals surface area contributed by atoms with E-state index in [9.17, 15) is 14.4 Å². The van der Waals surface area contributed by atoms with Crippen molar-refractivity contribution >= 4 is 17.8 Å². The Morgan fingerprint density at radius 3 is 1.89 bits per heavy atom. The highest BCUT2D eigenvalue weighted by Crippen LogP contribution is 2.45. The van der Waals surface area contributed by atoms with Crippen LogP contribution >= 0.6 is 0 Å². The van der Waals surface area contributed by atoms with Gasteiger partial charge in [0.05, 0.1) is 5.41 Å². The van der Waals surface area contributed by atoms with Gasteiger partial charge in [0, 0.05) is 25.6 Å². The molecule has 1 unspecified atom stereocenters. The summed E-state index contributed by atoms with van der Waals surface area (Å²) in [5.41, 5.74) is -0.988. The van der Waals surface area contributed by atoms with Crippen molar-refractivity contribution in [3.05, 3.63) is 12.2 Å². The van der Waals surface area contributed by atoms with Crippen molar-refractivity contribution in [3.63, 3.8) is 0 Å². The number of esters is 2. The van der Waals surface area contributed by atoms with Gasteiger partial charge in [0.1, 0.15) is 13.2 Å². The van der Waals surface area contributed by atoms with Crippen molar-refractivity contribution in [3.8, 4) is 0 Å². The number of carbonyl (C=O) groups excluding carboxylic acids is 3. The van der Waals surface area contributed by atoms with Gasteiger partial charge in [-0.3, -0.25) is 9.59 Å². The van der Waals surface area contributed by atoms with Crippen LogP contribution in [-0.2, 0) is 23.9 Å². The van der Waals surface area contributed by atoms with Crippen molar-refractivity contribution in [2.45, 2.75) is 54.9 Å². The van der Waals surface area contributed by atoms with Gasteiger partial charge in [0.25, 0.3) is 0 Å². The summed E-state index contributed by atoms with van der Waals surface area (Å²) in [5, 5.41) is 0. The Bertz CT molecular complexity index is 561. The van der Waals surface area contributed by atoms with Crippen LogP contribution in [0.15, 0.2) is 12.2 Å². The summed E-state index contributed by atoms with van der Waals surface area (Å²) in [6, 6.07) is 0. The summed E-state index contributed by atoms with van der Waals surface area (Å²) in [4.78, 5) is 38.2. The molecule has 0 aromatic rings. The highest BCUT2D eigenvalue weighted by molar-refractivity contribution is 5.86. The average Bonchev–Trinajstić information content (AvgIpc) is 2.54. The SMILES string of the molecule is C=C(C)C(=O)OCCOC(=O)C(C)(C)C(C)(C)CC(C(=O)N(C)C)C(C)C. The normalized spacial score (nSPS) is 13.1. The highest BCUT2D eigenvalue weighted by Gasteiger charge is 2.46. The van der Waals surface area contributed by atoms with Crippen LogP contribution in [0, 0.1) is 22.7 Å². The molecule has 0 aliphatic carbocycles. The zero-order chi connectivity index (χ0) is 21.6. The van der Waals surface area contributed by atoms with Crippen molar-refractivity contribution in [2.24, 2.45) is 22.7 Å². The Balaban J connectivity index is 5.02. The van der Waals surface area contributed by atoms with E-state index in [1.54, 1.807) is 25.9 Å². The van der Waals surface area contributed by atoms with Gasteiger partial charge in [-0.1, -0.05) is 34.3 Å². The monoisotopic (exact) mass is 383 g/mol. The van der Waals surface area contributed by atoms with Gasteiger partial charge < -0.3 is 14.4 Å². The zero-order valence-electron chi connectivity index (χ0n) is 18.5. The molecule has 0 heterocycles. The first kappa shape index (κ1) is 25.1. The Hall–Kier alpha value is -1.85. The van der Waals surface area contributed by atoms with E-state index in [1.807, 2.05) is 41.5 Å². The first-order valence-corrected chi connectivity index (χ1v) is 9.36. The zero-order valence-corrected chi connectivity index (χ0v) is 18.5. The number of hydrogen-bond donors (Lipinski definition) is 0. The van der Waals surface area contributed by atoms with E-state index in [-0.39, 0.29) is 36.9 Å². The number of hydrogen-bond acceptors (Lipinski definition) is 5. The summed E-state index contributed by atoms with van der Waals surface area (Å²) in [7, 11) is 3.49. The van der Waals surface area contributed by atoms with Crippen LogP contribution in [0.5, 0.6) is 0 Å². The van der Waals surface area contributed by atoms with Crippen LogP contribution < -0.4 is 0 Å². The van der Waals surface area contributed by atoms with Gasteiger partial charge in [-0.05, 0) is 38.5 Å². The van der Waals surface area contributed by atoms with Crippen LogP contribution in [0.3, 0.4) is 0 Å². The van der Waals surface area contributed by atoms with Gasteiger partial charge in [-0.2, -0.15) is 0 Å². The van der Waals surface area contributed by atoms with Crippen molar-refractivity contribution in [2.75, 3.05) is 27.3 Å². The Morgan fingerprint density at radius 1 is 1.00 bits per heavy atom. The Labute approximate surface area is 164 Å². The summed E-state index contributed by atoms with van der Waals surface area (Å²) in [6.45, 7) is 16.7. The number of amides is 1. The third-order valence-corrected chi connectivity index (χ3v) is 5.39. The summed E-state index contributed by atoms with van der Waals surface area (Å²) in [5.74, 6) is -0.841. The lowest BCUT2D eigenvalue weighted by Crippen LogP contribution is -2.45. The van der Waals surface area contributed by atoms with E-state index in [0.717, 1.165) is 0 Å². The van der Waals surface area contributed by atoms with E-state index >= 15 is 0 Å². The molecule has 0 aliphatic heterocycles. The number of rotatable bonds is 10. The standard InChI is InChI=1S/C21H37NO5/c1-14(2)16(17(23)22(9)10)13-20(5,6)21(7,8)19(25)27-12-11-26-18(24)15(3)4/h14,16H,3,11-13H2,1-2,4-10H3. The molecule has 0 saturated heterocycles. The third kappa shape index (κ3) is 7.00. The van der Waals surface area contributed by atoms with Gasteiger partial charge >= 0.3 is 11.9 Å². The van der Waals surface area contributed by atoms with Crippen LogP contribution in [0.25, 0.3) is 0 Å². The molecule has 0 fully saturated rings. The molecule has 0 rings (SSSR count). The first-order valence-electron chi connectivity index (χ1n) is 9.36. The summed E-state index contributed by atoms with van der Waals surface area (Å²) < 4.78 is 10.3. The molecule has 156 valence electrons. The maximum atomic E-state index is 12.7.